The number of aromatic nitrogens is 5. The average Bonchev–Trinajstić information content (AvgIpc) is 3.69. The number of hydrogen-bond donors (Lipinski definition) is 0. The van der Waals surface area contributed by atoms with Crippen molar-refractivity contribution in [2.75, 3.05) is 18.0 Å². The van der Waals surface area contributed by atoms with Crippen LogP contribution in [0.4, 0.5) is 5.69 Å². The van der Waals surface area contributed by atoms with Crippen molar-refractivity contribution in [3.63, 3.8) is 0 Å². The van der Waals surface area contributed by atoms with Gasteiger partial charge >= 0.3 is 0 Å². The molecule has 1 aromatic carbocycles. The summed E-state index contributed by atoms with van der Waals surface area (Å²) in [6.07, 6.45) is 9.64. The van der Waals surface area contributed by atoms with Crippen LogP contribution < -0.4 is 10.5 Å². The SMILES string of the molecule is CC[C@H]1CN(C(C)c2ccc3nccnc3c2)[C@H](CC)CN1c1cc(=O)n(CC2CC2)c2cn(CC#N)nc12. The molecule has 1 aliphatic carbocycles. The normalized spacial score (nSPS) is 20.9. The van der Waals surface area contributed by atoms with Gasteiger partial charge in [0.05, 0.1) is 34.5 Å². The zero-order valence-corrected chi connectivity index (χ0v) is 23.0. The van der Waals surface area contributed by atoms with Crippen molar-refractivity contribution in [2.24, 2.45) is 5.92 Å². The molecule has 0 bridgehead atoms. The van der Waals surface area contributed by atoms with Crippen molar-refractivity contribution in [3.05, 3.63) is 58.8 Å². The van der Waals surface area contributed by atoms with Gasteiger partial charge < -0.3 is 9.47 Å². The predicted molar refractivity (Wildman–Crippen MR) is 152 cm³/mol. The van der Waals surface area contributed by atoms with Crippen molar-refractivity contribution in [1.29, 1.82) is 5.26 Å². The Hall–Kier alpha value is -3.77. The smallest absolute Gasteiger partial charge is 0.253 e. The number of piperazine rings is 1. The summed E-state index contributed by atoms with van der Waals surface area (Å²) < 4.78 is 3.55. The Bertz CT molecular complexity index is 1600. The number of anilines is 1. The van der Waals surface area contributed by atoms with E-state index in [0.29, 0.717) is 12.0 Å². The number of fused-ring (bicyclic) bond motifs is 2. The van der Waals surface area contributed by atoms with Gasteiger partial charge in [0.2, 0.25) is 0 Å². The number of nitriles is 1. The minimum atomic E-state index is 0.0249. The van der Waals surface area contributed by atoms with Crippen LogP contribution in [0.25, 0.3) is 22.1 Å². The van der Waals surface area contributed by atoms with E-state index in [-0.39, 0.29) is 24.2 Å². The van der Waals surface area contributed by atoms with Crippen LogP contribution in [0.1, 0.15) is 58.1 Å². The van der Waals surface area contributed by atoms with E-state index in [1.54, 1.807) is 23.1 Å². The van der Waals surface area contributed by atoms with E-state index in [1.807, 2.05) is 10.8 Å². The number of hydrogen-bond acceptors (Lipinski definition) is 7. The molecule has 202 valence electrons. The van der Waals surface area contributed by atoms with Gasteiger partial charge in [-0.05, 0) is 56.2 Å². The molecule has 3 aromatic heterocycles. The molecule has 0 spiro atoms. The van der Waals surface area contributed by atoms with Gasteiger partial charge in [-0.3, -0.25) is 24.3 Å². The Morgan fingerprint density at radius 3 is 2.54 bits per heavy atom. The van der Waals surface area contributed by atoms with E-state index < -0.39 is 0 Å². The van der Waals surface area contributed by atoms with Gasteiger partial charge in [-0.2, -0.15) is 10.4 Å². The van der Waals surface area contributed by atoms with Crippen LogP contribution in [-0.4, -0.2) is 54.4 Å². The maximum absolute atomic E-state index is 13.5. The summed E-state index contributed by atoms with van der Waals surface area (Å²) in [4.78, 5) is 27.4. The number of nitrogens with zero attached hydrogens (tertiary/aromatic N) is 8. The zero-order valence-electron chi connectivity index (χ0n) is 23.0. The van der Waals surface area contributed by atoms with Crippen LogP contribution in [0, 0.1) is 17.2 Å². The van der Waals surface area contributed by atoms with E-state index in [0.717, 1.165) is 60.2 Å². The molecule has 1 aliphatic heterocycles. The minimum absolute atomic E-state index is 0.0249. The first kappa shape index (κ1) is 25.5. The molecule has 4 aromatic rings. The number of benzene rings is 1. The summed E-state index contributed by atoms with van der Waals surface area (Å²) in [5.74, 6) is 0.565. The highest BCUT2D eigenvalue weighted by atomic mass is 16.1. The third kappa shape index (κ3) is 4.78. The molecule has 4 heterocycles. The second kappa shape index (κ2) is 10.4. The van der Waals surface area contributed by atoms with Crippen LogP contribution in [0.5, 0.6) is 0 Å². The predicted octanol–water partition coefficient (Wildman–Crippen LogP) is 4.52. The minimum Gasteiger partial charge on any atom is -0.364 e. The van der Waals surface area contributed by atoms with Crippen molar-refractivity contribution >= 4 is 27.8 Å². The van der Waals surface area contributed by atoms with Crippen molar-refractivity contribution in [2.45, 2.75) is 77.7 Å². The van der Waals surface area contributed by atoms with E-state index in [9.17, 15) is 10.1 Å². The van der Waals surface area contributed by atoms with E-state index in [2.05, 4.69) is 64.8 Å². The lowest BCUT2D eigenvalue weighted by atomic mass is 9.96. The van der Waals surface area contributed by atoms with Gasteiger partial charge in [-0.15, -0.1) is 0 Å². The third-order valence-electron chi connectivity index (χ3n) is 8.64. The fourth-order valence-corrected chi connectivity index (χ4v) is 6.18. The summed E-state index contributed by atoms with van der Waals surface area (Å²) in [5.41, 5.74) is 5.67. The summed E-state index contributed by atoms with van der Waals surface area (Å²) in [6.45, 7) is 9.35. The van der Waals surface area contributed by atoms with E-state index in [4.69, 9.17) is 5.10 Å². The molecule has 1 saturated heterocycles. The van der Waals surface area contributed by atoms with Gasteiger partial charge in [0, 0.05) is 56.2 Å². The molecule has 9 nitrogen and oxygen atoms in total. The van der Waals surface area contributed by atoms with Gasteiger partial charge in [0.15, 0.2) is 0 Å². The van der Waals surface area contributed by atoms with Crippen LogP contribution in [0.15, 0.2) is 47.7 Å². The topological polar surface area (TPSA) is 95.9 Å². The average molecular weight is 525 g/mol. The highest BCUT2D eigenvalue weighted by molar-refractivity contribution is 5.88. The lowest BCUT2D eigenvalue weighted by molar-refractivity contribution is 0.101. The molecule has 39 heavy (non-hydrogen) atoms. The van der Waals surface area contributed by atoms with Crippen LogP contribution in [0.3, 0.4) is 0 Å². The molecule has 0 amide bonds. The fraction of sp³-hybridized carbons (Fsp3) is 0.500. The Morgan fingerprint density at radius 1 is 1.05 bits per heavy atom. The largest absolute Gasteiger partial charge is 0.364 e. The summed E-state index contributed by atoms with van der Waals surface area (Å²) in [6, 6.07) is 11.2. The van der Waals surface area contributed by atoms with Gasteiger partial charge in [0.1, 0.15) is 12.1 Å². The molecule has 6 rings (SSSR count). The molecule has 2 aliphatic rings. The lowest BCUT2D eigenvalue weighted by Gasteiger charge is -2.49. The molecular weight excluding hydrogens is 488 g/mol. The molecular formula is C30H36N8O. The Morgan fingerprint density at radius 2 is 1.82 bits per heavy atom. The number of rotatable bonds is 8. The standard InChI is InChI=1S/C30H36N8O/c1-4-23-18-37(24(5-2)17-36(23)20(3)22-8-9-25-26(14-22)33-12-11-32-25)27-15-29(39)38(16-21-6-7-21)28-19-35(13-10-31)34-30(27)28/h8-9,11-12,14-15,19-21,23-24H,4-7,13,16-18H2,1-3H3/t20?,23-,24+/m1/s1. The summed E-state index contributed by atoms with van der Waals surface area (Å²) in [7, 11) is 0. The van der Waals surface area contributed by atoms with Crippen molar-refractivity contribution < 1.29 is 0 Å². The summed E-state index contributed by atoms with van der Waals surface area (Å²) in [5, 5.41) is 14.1. The highest BCUT2D eigenvalue weighted by Gasteiger charge is 2.36. The molecule has 3 atom stereocenters. The lowest BCUT2D eigenvalue weighted by Crippen LogP contribution is -2.58. The van der Waals surface area contributed by atoms with E-state index in [1.165, 1.54) is 18.4 Å². The van der Waals surface area contributed by atoms with Crippen LogP contribution >= 0.6 is 0 Å². The fourth-order valence-electron chi connectivity index (χ4n) is 6.18. The maximum atomic E-state index is 13.5. The quantitative estimate of drug-likeness (QED) is 0.334. The Balaban J connectivity index is 1.36. The second-order valence-electron chi connectivity index (χ2n) is 11.1. The number of pyridine rings is 1. The molecule has 1 unspecified atom stereocenters. The van der Waals surface area contributed by atoms with Crippen molar-refractivity contribution in [3.8, 4) is 6.07 Å². The first-order valence-electron chi connectivity index (χ1n) is 14.2. The Kier molecular flexibility index (Phi) is 6.81. The van der Waals surface area contributed by atoms with Gasteiger partial charge in [-0.25, -0.2) is 0 Å². The monoisotopic (exact) mass is 524 g/mol. The first-order valence-corrected chi connectivity index (χ1v) is 14.2. The molecule has 2 fully saturated rings. The van der Waals surface area contributed by atoms with E-state index >= 15 is 0 Å². The maximum Gasteiger partial charge on any atom is 0.253 e. The molecule has 9 heteroatoms. The van der Waals surface area contributed by atoms with Crippen molar-refractivity contribution in [1.82, 2.24) is 29.2 Å². The van der Waals surface area contributed by atoms with Gasteiger partial charge in [-0.1, -0.05) is 19.9 Å². The van der Waals surface area contributed by atoms with Gasteiger partial charge in [0.25, 0.3) is 5.56 Å². The molecule has 1 saturated carbocycles. The Labute approximate surface area is 228 Å². The third-order valence-corrected chi connectivity index (χ3v) is 8.64. The second-order valence-corrected chi connectivity index (χ2v) is 11.1. The summed E-state index contributed by atoms with van der Waals surface area (Å²) >= 11 is 0. The molecule has 0 N–H and O–H groups in total. The zero-order chi connectivity index (χ0) is 27.1. The highest BCUT2D eigenvalue weighted by Crippen LogP contribution is 2.36. The molecule has 0 radical (unpaired) electrons. The first-order chi connectivity index (χ1) is 19.0. The van der Waals surface area contributed by atoms with Crippen LogP contribution in [0.2, 0.25) is 0 Å². The van der Waals surface area contributed by atoms with Crippen LogP contribution in [-0.2, 0) is 13.1 Å².